The van der Waals surface area contributed by atoms with Crippen LogP contribution in [0.25, 0.3) is 21.3 Å². The van der Waals surface area contributed by atoms with Crippen molar-refractivity contribution in [3.63, 3.8) is 0 Å². The van der Waals surface area contributed by atoms with Crippen LogP contribution in [0, 0.1) is 11.8 Å². The van der Waals surface area contributed by atoms with Gasteiger partial charge in [-0.15, -0.1) is 0 Å². The van der Waals surface area contributed by atoms with Gasteiger partial charge in [-0.3, -0.25) is 14.8 Å². The Labute approximate surface area is 301 Å². The van der Waals surface area contributed by atoms with E-state index in [2.05, 4.69) is 21.3 Å². The topological polar surface area (TPSA) is 111 Å². The lowest BCUT2D eigenvalue weighted by Crippen LogP contribution is -2.56. The van der Waals surface area contributed by atoms with Crippen molar-refractivity contribution in [1.82, 2.24) is 19.7 Å². The van der Waals surface area contributed by atoms with E-state index in [4.69, 9.17) is 19.6 Å². The van der Waals surface area contributed by atoms with Crippen LogP contribution in [0.4, 0.5) is 10.9 Å². The Morgan fingerprint density at radius 2 is 1.84 bits per heavy atom. The summed E-state index contributed by atoms with van der Waals surface area (Å²) < 4.78 is 15.5. The second-order valence-electron chi connectivity index (χ2n) is 15.8. The van der Waals surface area contributed by atoms with Crippen LogP contribution in [-0.4, -0.2) is 55.5 Å². The smallest absolute Gasteiger partial charge is 0.358 e. The predicted molar refractivity (Wildman–Crippen MR) is 197 cm³/mol. The molecule has 2 unspecified atom stereocenters. The number of fused-ring (bicyclic) bond motifs is 2. The Bertz CT molecular complexity index is 2100. The van der Waals surface area contributed by atoms with E-state index < -0.39 is 11.6 Å². The van der Waals surface area contributed by atoms with Gasteiger partial charge >= 0.3 is 5.97 Å². The molecule has 10 rings (SSSR count). The molecule has 2 aliphatic carbocycles. The average molecular weight is 703 g/mol. The van der Waals surface area contributed by atoms with Crippen LogP contribution < -0.4 is 10.2 Å². The van der Waals surface area contributed by atoms with Gasteiger partial charge in [-0.2, -0.15) is 5.10 Å². The Balaban J connectivity index is 0.988. The van der Waals surface area contributed by atoms with E-state index in [0.717, 1.165) is 58.0 Å². The van der Waals surface area contributed by atoms with E-state index in [1.165, 1.54) is 30.6 Å². The van der Waals surface area contributed by atoms with Crippen LogP contribution in [0.3, 0.4) is 0 Å². The number of carbonyl (C=O) groups is 2. The van der Waals surface area contributed by atoms with Gasteiger partial charge in [0.2, 0.25) is 0 Å². The molecule has 2 saturated heterocycles. The minimum atomic E-state index is -0.693. The van der Waals surface area contributed by atoms with E-state index in [1.54, 1.807) is 0 Å². The molecule has 1 amide bonds. The highest BCUT2D eigenvalue weighted by Gasteiger charge is 2.52. The number of ether oxygens (including phenoxy) is 2. The number of para-hydroxylation sites is 1. The molecule has 4 bridgehead atoms. The molecule has 51 heavy (non-hydrogen) atoms. The molecule has 5 aromatic rings. The molecule has 262 valence electrons. The number of pyridine rings is 1. The van der Waals surface area contributed by atoms with Gasteiger partial charge in [0.25, 0.3) is 5.91 Å². The summed E-state index contributed by atoms with van der Waals surface area (Å²) in [6.45, 7) is 7.47. The van der Waals surface area contributed by atoms with Crippen molar-refractivity contribution in [3.05, 3.63) is 89.4 Å². The standard InChI is InChI=1S/C40H42N6O4S/c1-39(2,3)50-37(48)35-29(27-20-41-46(21-27)23-40-18-24-15-25(19-40)17-28(16-24)49-40)11-12-34(43-35)45-14-13-26-7-6-8-30(31(26)22-45)36(47)44-38-42-32-9-4-5-10-33(32)51-38/h4-12,20-21,24-25,28H,13-19,22-23H2,1-3H3,(H,42,44,47). The molecular formula is C40H42N6O4S. The number of benzene rings is 2. The Hall–Kier alpha value is -4.61. The first kappa shape index (κ1) is 32.3. The van der Waals surface area contributed by atoms with Gasteiger partial charge in [0.15, 0.2) is 10.8 Å². The van der Waals surface area contributed by atoms with Crippen molar-refractivity contribution in [3.8, 4) is 11.1 Å². The number of amides is 1. The monoisotopic (exact) mass is 702 g/mol. The Morgan fingerprint density at radius 1 is 1.02 bits per heavy atom. The lowest BCUT2D eigenvalue weighted by atomic mass is 9.62. The highest BCUT2D eigenvalue weighted by atomic mass is 32.1. The van der Waals surface area contributed by atoms with Crippen molar-refractivity contribution in [2.75, 3.05) is 16.8 Å². The molecule has 4 fully saturated rings. The maximum absolute atomic E-state index is 13.8. The number of hydrogen-bond donors (Lipinski definition) is 1. The van der Waals surface area contributed by atoms with Gasteiger partial charge in [0.05, 0.1) is 34.7 Å². The summed E-state index contributed by atoms with van der Waals surface area (Å²) in [5.41, 5.74) is 4.44. The second-order valence-corrected chi connectivity index (χ2v) is 16.9. The van der Waals surface area contributed by atoms with Crippen molar-refractivity contribution in [2.24, 2.45) is 11.8 Å². The fraction of sp³-hybridized carbons (Fsp3) is 0.425. The van der Waals surface area contributed by atoms with Crippen molar-refractivity contribution in [1.29, 1.82) is 0 Å². The molecule has 1 N–H and O–H groups in total. The first-order chi connectivity index (χ1) is 24.6. The van der Waals surface area contributed by atoms with Gasteiger partial charge in [-0.25, -0.2) is 14.8 Å². The minimum absolute atomic E-state index is 0.150. The van der Waals surface area contributed by atoms with Crippen LogP contribution in [0.2, 0.25) is 0 Å². The summed E-state index contributed by atoms with van der Waals surface area (Å²) in [5.74, 6) is 1.49. The molecule has 0 radical (unpaired) electrons. The maximum Gasteiger partial charge on any atom is 0.358 e. The first-order valence-corrected chi connectivity index (χ1v) is 18.9. The third-order valence-corrected chi connectivity index (χ3v) is 11.8. The lowest BCUT2D eigenvalue weighted by molar-refractivity contribution is -0.226. The number of hydrogen-bond acceptors (Lipinski definition) is 9. The predicted octanol–water partition coefficient (Wildman–Crippen LogP) is 7.67. The first-order valence-electron chi connectivity index (χ1n) is 18.0. The molecule has 6 heterocycles. The Morgan fingerprint density at radius 3 is 2.63 bits per heavy atom. The largest absolute Gasteiger partial charge is 0.455 e. The molecular weight excluding hydrogens is 661 g/mol. The zero-order valence-corrected chi connectivity index (χ0v) is 30.0. The third-order valence-electron chi connectivity index (χ3n) is 10.8. The van der Waals surface area contributed by atoms with Gasteiger partial charge in [0.1, 0.15) is 11.4 Å². The molecule has 2 saturated carbocycles. The zero-order chi connectivity index (χ0) is 34.9. The van der Waals surface area contributed by atoms with E-state index in [9.17, 15) is 9.59 Å². The molecule has 3 aromatic heterocycles. The van der Waals surface area contributed by atoms with Crippen LogP contribution in [-0.2, 0) is 29.0 Å². The fourth-order valence-electron chi connectivity index (χ4n) is 8.99. The number of anilines is 2. The minimum Gasteiger partial charge on any atom is -0.455 e. The van der Waals surface area contributed by atoms with E-state index >= 15 is 0 Å². The summed E-state index contributed by atoms with van der Waals surface area (Å²) in [4.78, 5) is 39.1. The van der Waals surface area contributed by atoms with Gasteiger partial charge in [-0.05, 0) is 113 Å². The van der Waals surface area contributed by atoms with Crippen molar-refractivity contribution in [2.45, 2.75) is 89.7 Å². The number of esters is 1. The number of nitrogens with zero attached hydrogens (tertiary/aromatic N) is 5. The van der Waals surface area contributed by atoms with Crippen LogP contribution in [0.5, 0.6) is 0 Å². The average Bonchev–Trinajstić information content (AvgIpc) is 3.72. The molecule has 2 aromatic carbocycles. The van der Waals surface area contributed by atoms with E-state index in [1.807, 2.05) is 86.4 Å². The van der Waals surface area contributed by atoms with E-state index in [-0.39, 0.29) is 17.2 Å². The summed E-state index contributed by atoms with van der Waals surface area (Å²) in [5, 5.41) is 8.35. The number of nitrogens with one attached hydrogen (secondary N) is 1. The second kappa shape index (κ2) is 12.3. The van der Waals surface area contributed by atoms with Crippen LogP contribution in [0.1, 0.15) is 84.8 Å². The summed E-state index contributed by atoms with van der Waals surface area (Å²) in [7, 11) is 0. The summed E-state index contributed by atoms with van der Waals surface area (Å²) in [6.07, 6.45) is 10.9. The molecule has 11 heteroatoms. The number of rotatable bonds is 7. The molecule has 10 nitrogen and oxygen atoms in total. The zero-order valence-electron chi connectivity index (χ0n) is 29.2. The third kappa shape index (κ3) is 6.31. The molecule has 2 atom stereocenters. The molecule has 0 spiro atoms. The highest BCUT2D eigenvalue weighted by Crippen LogP contribution is 2.53. The maximum atomic E-state index is 13.8. The van der Waals surface area contributed by atoms with Gasteiger partial charge in [0, 0.05) is 36.0 Å². The van der Waals surface area contributed by atoms with Crippen LogP contribution >= 0.6 is 11.3 Å². The number of aromatic nitrogens is 4. The van der Waals surface area contributed by atoms with Crippen molar-refractivity contribution >= 4 is 44.4 Å². The molecule has 3 aliphatic heterocycles. The lowest BCUT2D eigenvalue weighted by Gasteiger charge is -2.56. The van der Waals surface area contributed by atoms with Crippen LogP contribution in [0.15, 0.2) is 67.0 Å². The SMILES string of the molecule is CC(C)(C)OC(=O)c1nc(N2CCc3cccc(C(=O)Nc4nc5ccccc5s4)c3C2)ccc1-c1cnn(CC23CC4CC(CC(C4)O2)C3)c1. The summed E-state index contributed by atoms with van der Waals surface area (Å²) >= 11 is 1.46. The quantitative estimate of drug-likeness (QED) is 0.172. The number of thiazole rings is 1. The van der Waals surface area contributed by atoms with E-state index in [0.29, 0.717) is 47.8 Å². The fourth-order valence-corrected chi connectivity index (χ4v) is 9.85. The summed E-state index contributed by atoms with van der Waals surface area (Å²) in [6, 6.07) is 17.6. The Kier molecular flexibility index (Phi) is 7.77. The number of carbonyl (C=O) groups excluding carboxylic acids is 2. The molecule has 5 aliphatic rings. The highest BCUT2D eigenvalue weighted by molar-refractivity contribution is 7.22. The van der Waals surface area contributed by atoms with Crippen molar-refractivity contribution < 1.29 is 19.1 Å². The van der Waals surface area contributed by atoms with Gasteiger partial charge in [-0.1, -0.05) is 35.6 Å². The normalized spacial score (nSPS) is 23.7. The van der Waals surface area contributed by atoms with Gasteiger partial charge < -0.3 is 14.4 Å².